The maximum absolute atomic E-state index is 14.5. The third kappa shape index (κ3) is 6.61. The predicted octanol–water partition coefficient (Wildman–Crippen LogP) is 10.3. The second-order valence-electron chi connectivity index (χ2n) is 8.59. The summed E-state index contributed by atoms with van der Waals surface area (Å²) in [6.45, 7) is 0. The Kier molecular flexibility index (Phi) is 9.18. The molecule has 0 fully saturated rings. The molecule has 4 aromatic carbocycles. The normalized spacial score (nSPS) is 12.3. The van der Waals surface area contributed by atoms with E-state index in [2.05, 4.69) is 0 Å². The Balaban J connectivity index is 1.68. The monoisotopic (exact) mass is 644 g/mol. The molecule has 0 bridgehead atoms. The van der Waals surface area contributed by atoms with Gasteiger partial charge in [0, 0.05) is 31.0 Å². The van der Waals surface area contributed by atoms with E-state index in [0.717, 1.165) is 47.8 Å². The Hall–Kier alpha value is -2.92. The topological polar surface area (TPSA) is 34.1 Å². The van der Waals surface area contributed by atoms with Crippen molar-refractivity contribution >= 4 is 57.0 Å². The van der Waals surface area contributed by atoms with E-state index in [-0.39, 0.29) is 11.1 Å². The summed E-state index contributed by atoms with van der Waals surface area (Å²) in [5.41, 5.74) is -6.85. The van der Waals surface area contributed by atoms with Crippen LogP contribution in [0.5, 0.6) is 0 Å². The molecule has 12 heteroatoms. The van der Waals surface area contributed by atoms with Crippen LogP contribution < -0.4 is 0 Å². The van der Waals surface area contributed by atoms with Gasteiger partial charge in [-0.1, -0.05) is 71.7 Å². The summed E-state index contributed by atoms with van der Waals surface area (Å²) in [4.78, 5) is 26.2. The number of thioether (sulfide) groups is 2. The smallest absolute Gasteiger partial charge is 0.281 e. The predicted molar refractivity (Wildman–Crippen MR) is 149 cm³/mol. The molecule has 0 atom stereocenters. The number of benzene rings is 4. The van der Waals surface area contributed by atoms with E-state index in [1.54, 1.807) is 24.3 Å². The standard InChI is InChI=1S/C29H16Cl2F6O2S2/c30-21-9-13-23(14-10-21)40-25(38)17-1-5-19(6-2-17)27(28(32,33)34,29(35,36)37)20-7-3-18(4-8-20)26(39)41-24-15-11-22(31)12-16-24/h1-16H. The van der Waals surface area contributed by atoms with Gasteiger partial charge in [-0.15, -0.1) is 0 Å². The lowest BCUT2D eigenvalue weighted by atomic mass is 9.72. The average Bonchev–Trinajstić information content (AvgIpc) is 2.91. The van der Waals surface area contributed by atoms with Gasteiger partial charge in [0.25, 0.3) is 0 Å². The van der Waals surface area contributed by atoms with Crippen molar-refractivity contribution in [3.8, 4) is 0 Å². The quantitative estimate of drug-likeness (QED) is 0.154. The number of hydrogen-bond donors (Lipinski definition) is 0. The highest BCUT2D eigenvalue weighted by molar-refractivity contribution is 8.14. The summed E-state index contributed by atoms with van der Waals surface area (Å²) in [7, 11) is 0. The van der Waals surface area contributed by atoms with Crippen molar-refractivity contribution in [1.82, 2.24) is 0 Å². The Morgan fingerprint density at radius 3 is 1.05 bits per heavy atom. The molecule has 212 valence electrons. The van der Waals surface area contributed by atoms with Crippen molar-refractivity contribution in [3.63, 3.8) is 0 Å². The molecule has 0 amide bonds. The van der Waals surface area contributed by atoms with Gasteiger partial charge in [-0.05, 0) is 83.2 Å². The van der Waals surface area contributed by atoms with Gasteiger partial charge in [-0.2, -0.15) is 26.3 Å². The van der Waals surface area contributed by atoms with Crippen LogP contribution in [-0.2, 0) is 5.41 Å². The minimum atomic E-state index is -5.82. The van der Waals surface area contributed by atoms with Crippen molar-refractivity contribution in [2.24, 2.45) is 0 Å². The fourth-order valence-electron chi connectivity index (χ4n) is 4.03. The number of rotatable bonds is 6. The van der Waals surface area contributed by atoms with Crippen LogP contribution in [0.3, 0.4) is 0 Å². The summed E-state index contributed by atoms with van der Waals surface area (Å²) in [6.07, 6.45) is -11.6. The summed E-state index contributed by atoms with van der Waals surface area (Å²) in [5.74, 6) is 0. The first-order chi connectivity index (χ1) is 19.2. The Morgan fingerprint density at radius 1 is 0.488 bits per heavy atom. The molecule has 0 saturated carbocycles. The first kappa shape index (κ1) is 31.0. The zero-order valence-corrected chi connectivity index (χ0v) is 23.5. The maximum atomic E-state index is 14.5. The number of hydrogen-bond acceptors (Lipinski definition) is 4. The highest BCUT2D eigenvalue weighted by atomic mass is 35.5. The highest BCUT2D eigenvalue weighted by Crippen LogP contribution is 2.56. The number of carbonyl (C=O) groups is 2. The Labute approximate surface area is 249 Å². The van der Waals surface area contributed by atoms with Gasteiger partial charge >= 0.3 is 12.4 Å². The minimum absolute atomic E-state index is 0.0906. The first-order valence-corrected chi connectivity index (χ1v) is 13.9. The molecule has 41 heavy (non-hydrogen) atoms. The maximum Gasteiger partial charge on any atom is 0.411 e. The fourth-order valence-corrected chi connectivity index (χ4v) is 5.76. The molecular formula is C29H16Cl2F6O2S2. The summed E-state index contributed by atoms with van der Waals surface area (Å²) >= 11 is 13.1. The van der Waals surface area contributed by atoms with Crippen LogP contribution in [0.4, 0.5) is 26.3 Å². The van der Waals surface area contributed by atoms with Crippen LogP contribution in [0.15, 0.2) is 107 Å². The van der Waals surface area contributed by atoms with Crippen LogP contribution in [0, 0.1) is 0 Å². The number of carbonyl (C=O) groups excluding carboxylic acids is 2. The first-order valence-electron chi connectivity index (χ1n) is 11.5. The Morgan fingerprint density at radius 2 is 0.780 bits per heavy atom. The van der Waals surface area contributed by atoms with Gasteiger partial charge in [-0.25, -0.2) is 0 Å². The van der Waals surface area contributed by atoms with Crippen molar-refractivity contribution in [2.45, 2.75) is 27.6 Å². The molecule has 0 N–H and O–H groups in total. The number of halogens is 8. The van der Waals surface area contributed by atoms with Crippen LogP contribution in [0.2, 0.25) is 10.0 Å². The van der Waals surface area contributed by atoms with E-state index in [4.69, 9.17) is 23.2 Å². The summed E-state index contributed by atoms with van der Waals surface area (Å²) < 4.78 is 87.1. The lowest BCUT2D eigenvalue weighted by Gasteiger charge is -2.38. The Bertz CT molecular complexity index is 1420. The molecule has 4 aromatic rings. The van der Waals surface area contributed by atoms with Gasteiger partial charge in [0.2, 0.25) is 15.6 Å². The second kappa shape index (κ2) is 12.1. The molecule has 0 radical (unpaired) electrons. The zero-order chi connectivity index (χ0) is 30.0. The number of alkyl halides is 6. The summed E-state index contributed by atoms with van der Waals surface area (Å²) in [5, 5.41) is -0.298. The van der Waals surface area contributed by atoms with Crippen molar-refractivity contribution in [1.29, 1.82) is 0 Å². The van der Waals surface area contributed by atoms with Crippen molar-refractivity contribution in [3.05, 3.63) is 129 Å². The van der Waals surface area contributed by atoms with Gasteiger partial charge in [0.15, 0.2) is 0 Å². The average molecular weight is 645 g/mol. The van der Waals surface area contributed by atoms with Crippen molar-refractivity contribution in [2.75, 3.05) is 0 Å². The van der Waals surface area contributed by atoms with Gasteiger partial charge in [0.1, 0.15) is 0 Å². The molecule has 4 rings (SSSR count). The third-order valence-corrected chi connectivity index (χ3v) is 8.37. The van der Waals surface area contributed by atoms with E-state index < -0.39 is 39.1 Å². The molecule has 0 spiro atoms. The van der Waals surface area contributed by atoms with Crippen LogP contribution >= 0.6 is 46.7 Å². The molecule has 2 nitrogen and oxygen atoms in total. The SMILES string of the molecule is O=C(Sc1ccc(Cl)cc1)c1ccc(C(c2ccc(C(=O)Sc3ccc(Cl)cc3)cc2)(C(F)(F)F)C(F)(F)F)cc1. The van der Waals surface area contributed by atoms with Crippen LogP contribution in [0.25, 0.3) is 0 Å². The molecule has 0 aliphatic rings. The minimum Gasteiger partial charge on any atom is -0.281 e. The fraction of sp³-hybridized carbons (Fsp3) is 0.103. The van der Waals surface area contributed by atoms with E-state index in [0.29, 0.717) is 44.1 Å². The molecule has 0 aromatic heterocycles. The van der Waals surface area contributed by atoms with Gasteiger partial charge in [-0.3, -0.25) is 9.59 Å². The van der Waals surface area contributed by atoms with E-state index in [1.807, 2.05) is 0 Å². The molecule has 0 heterocycles. The lowest BCUT2D eigenvalue weighted by Crippen LogP contribution is -2.54. The van der Waals surface area contributed by atoms with Gasteiger partial charge < -0.3 is 0 Å². The van der Waals surface area contributed by atoms with E-state index >= 15 is 0 Å². The lowest BCUT2D eigenvalue weighted by molar-refractivity contribution is -0.288. The van der Waals surface area contributed by atoms with Crippen molar-refractivity contribution < 1.29 is 35.9 Å². The molecule has 0 saturated heterocycles. The van der Waals surface area contributed by atoms with E-state index in [9.17, 15) is 35.9 Å². The zero-order valence-electron chi connectivity index (χ0n) is 20.4. The molecular weight excluding hydrogens is 629 g/mol. The second-order valence-corrected chi connectivity index (χ2v) is 11.6. The van der Waals surface area contributed by atoms with Gasteiger partial charge in [0.05, 0.1) is 0 Å². The molecule has 0 aliphatic heterocycles. The summed E-state index contributed by atoms with van der Waals surface area (Å²) in [6, 6.07) is 18.7. The van der Waals surface area contributed by atoms with Crippen LogP contribution in [-0.4, -0.2) is 22.6 Å². The molecule has 0 unspecified atom stereocenters. The molecule has 0 aliphatic carbocycles. The largest absolute Gasteiger partial charge is 0.411 e. The van der Waals surface area contributed by atoms with Crippen LogP contribution in [0.1, 0.15) is 31.8 Å². The van der Waals surface area contributed by atoms with E-state index in [1.165, 1.54) is 24.3 Å². The highest BCUT2D eigenvalue weighted by Gasteiger charge is 2.72. The third-order valence-electron chi connectivity index (χ3n) is 6.01.